The maximum atomic E-state index is 11.5. The van der Waals surface area contributed by atoms with E-state index < -0.39 is 0 Å². The molecule has 2 N–H and O–H groups in total. The predicted molar refractivity (Wildman–Crippen MR) is 63.5 cm³/mol. The minimum atomic E-state index is -0.304. The SMILES string of the molecule is Cc1cc(NC(=O)NCc2ccccc2)no1. The van der Waals surface area contributed by atoms with Crippen LogP contribution < -0.4 is 10.6 Å². The molecule has 2 rings (SSSR count). The highest BCUT2D eigenvalue weighted by atomic mass is 16.5. The van der Waals surface area contributed by atoms with Crippen molar-refractivity contribution < 1.29 is 9.32 Å². The number of benzene rings is 1. The summed E-state index contributed by atoms with van der Waals surface area (Å²) in [4.78, 5) is 11.5. The standard InChI is InChI=1S/C12H13N3O2/c1-9-7-11(15-17-9)14-12(16)13-8-10-5-3-2-4-6-10/h2-7H,8H2,1H3,(H2,13,14,15,16). The highest BCUT2D eigenvalue weighted by Gasteiger charge is 2.04. The summed E-state index contributed by atoms with van der Waals surface area (Å²) in [6.45, 7) is 2.24. The predicted octanol–water partition coefficient (Wildman–Crippen LogP) is 2.30. The molecule has 2 aromatic rings. The third-order valence-electron chi connectivity index (χ3n) is 2.17. The molecule has 5 nitrogen and oxygen atoms in total. The molecule has 2 amide bonds. The van der Waals surface area contributed by atoms with Crippen LogP contribution in [0.3, 0.4) is 0 Å². The molecule has 0 fully saturated rings. The van der Waals surface area contributed by atoms with Crippen molar-refractivity contribution in [3.8, 4) is 0 Å². The molecule has 0 saturated carbocycles. The first-order valence-electron chi connectivity index (χ1n) is 5.26. The summed E-state index contributed by atoms with van der Waals surface area (Å²) in [6.07, 6.45) is 0. The molecular formula is C12H13N3O2. The number of carbonyl (C=O) groups is 1. The van der Waals surface area contributed by atoms with Crippen LogP contribution in [-0.2, 0) is 6.54 Å². The van der Waals surface area contributed by atoms with Crippen LogP contribution in [0.15, 0.2) is 40.9 Å². The van der Waals surface area contributed by atoms with Crippen LogP contribution in [0.4, 0.5) is 10.6 Å². The lowest BCUT2D eigenvalue weighted by Gasteiger charge is -2.04. The first-order chi connectivity index (χ1) is 8.24. The Morgan fingerprint density at radius 2 is 2.12 bits per heavy atom. The van der Waals surface area contributed by atoms with Crippen molar-refractivity contribution in [2.24, 2.45) is 0 Å². The van der Waals surface area contributed by atoms with E-state index in [0.717, 1.165) is 5.56 Å². The van der Waals surface area contributed by atoms with Crippen molar-refractivity contribution in [1.29, 1.82) is 0 Å². The maximum Gasteiger partial charge on any atom is 0.320 e. The summed E-state index contributed by atoms with van der Waals surface area (Å²) in [5, 5.41) is 8.97. The van der Waals surface area contributed by atoms with Crippen LogP contribution >= 0.6 is 0 Å². The van der Waals surface area contributed by atoms with Crippen LogP contribution in [0, 0.1) is 6.92 Å². The molecule has 0 atom stereocenters. The topological polar surface area (TPSA) is 67.2 Å². The molecule has 17 heavy (non-hydrogen) atoms. The van der Waals surface area contributed by atoms with E-state index in [2.05, 4.69) is 15.8 Å². The Balaban J connectivity index is 1.82. The lowest BCUT2D eigenvalue weighted by atomic mass is 10.2. The number of anilines is 1. The van der Waals surface area contributed by atoms with Crippen molar-refractivity contribution in [2.75, 3.05) is 5.32 Å². The van der Waals surface area contributed by atoms with E-state index in [0.29, 0.717) is 18.1 Å². The average Bonchev–Trinajstić information content (AvgIpc) is 2.73. The van der Waals surface area contributed by atoms with Gasteiger partial charge in [0.05, 0.1) is 0 Å². The van der Waals surface area contributed by atoms with Gasteiger partial charge in [-0.1, -0.05) is 35.5 Å². The van der Waals surface area contributed by atoms with Crippen LogP contribution in [0.2, 0.25) is 0 Å². The summed E-state index contributed by atoms with van der Waals surface area (Å²) in [6, 6.07) is 11.0. The van der Waals surface area contributed by atoms with Gasteiger partial charge in [0, 0.05) is 12.6 Å². The van der Waals surface area contributed by atoms with Gasteiger partial charge in [-0.05, 0) is 12.5 Å². The summed E-state index contributed by atoms with van der Waals surface area (Å²) in [5.74, 6) is 1.07. The lowest BCUT2D eigenvalue weighted by Crippen LogP contribution is -2.28. The zero-order valence-corrected chi connectivity index (χ0v) is 9.43. The monoisotopic (exact) mass is 231 g/mol. The Bertz CT molecular complexity index is 493. The highest BCUT2D eigenvalue weighted by molar-refractivity contribution is 5.88. The third-order valence-corrected chi connectivity index (χ3v) is 2.17. The number of aryl methyl sites for hydroxylation is 1. The number of nitrogens with zero attached hydrogens (tertiary/aromatic N) is 1. The normalized spacial score (nSPS) is 9.94. The number of carbonyl (C=O) groups excluding carboxylic acids is 1. The molecule has 0 radical (unpaired) electrons. The lowest BCUT2D eigenvalue weighted by molar-refractivity contribution is 0.251. The van der Waals surface area contributed by atoms with E-state index in [-0.39, 0.29) is 6.03 Å². The van der Waals surface area contributed by atoms with E-state index in [1.807, 2.05) is 30.3 Å². The fourth-order valence-corrected chi connectivity index (χ4v) is 1.36. The van der Waals surface area contributed by atoms with Gasteiger partial charge in [-0.25, -0.2) is 4.79 Å². The van der Waals surface area contributed by atoms with Gasteiger partial charge < -0.3 is 9.84 Å². The smallest absolute Gasteiger partial charge is 0.320 e. The quantitative estimate of drug-likeness (QED) is 0.851. The fraction of sp³-hybridized carbons (Fsp3) is 0.167. The van der Waals surface area contributed by atoms with Crippen molar-refractivity contribution in [2.45, 2.75) is 13.5 Å². The van der Waals surface area contributed by atoms with Gasteiger partial charge in [-0.15, -0.1) is 0 Å². The summed E-state index contributed by atoms with van der Waals surface area (Å²) in [5.41, 5.74) is 1.04. The number of rotatable bonds is 3. The van der Waals surface area contributed by atoms with Gasteiger partial charge in [0.25, 0.3) is 0 Å². The van der Waals surface area contributed by atoms with E-state index in [1.54, 1.807) is 13.0 Å². The van der Waals surface area contributed by atoms with Crippen LogP contribution in [0.25, 0.3) is 0 Å². The van der Waals surface area contributed by atoms with Gasteiger partial charge in [-0.2, -0.15) is 0 Å². The van der Waals surface area contributed by atoms with E-state index >= 15 is 0 Å². The van der Waals surface area contributed by atoms with Crippen LogP contribution in [-0.4, -0.2) is 11.2 Å². The van der Waals surface area contributed by atoms with Gasteiger partial charge in [-0.3, -0.25) is 5.32 Å². The number of hydrogen-bond donors (Lipinski definition) is 2. The minimum Gasteiger partial charge on any atom is -0.360 e. The molecule has 0 aliphatic heterocycles. The molecule has 1 aromatic heterocycles. The van der Waals surface area contributed by atoms with Gasteiger partial charge >= 0.3 is 6.03 Å². The van der Waals surface area contributed by atoms with Crippen LogP contribution in [0.1, 0.15) is 11.3 Å². The van der Waals surface area contributed by atoms with Gasteiger partial charge in [0.1, 0.15) is 5.76 Å². The first-order valence-corrected chi connectivity index (χ1v) is 5.26. The minimum absolute atomic E-state index is 0.304. The number of hydrogen-bond acceptors (Lipinski definition) is 3. The van der Waals surface area contributed by atoms with Crippen molar-refractivity contribution >= 4 is 11.8 Å². The van der Waals surface area contributed by atoms with Crippen molar-refractivity contribution in [3.63, 3.8) is 0 Å². The number of urea groups is 1. The Kier molecular flexibility index (Phi) is 3.40. The second kappa shape index (κ2) is 5.16. The molecule has 0 aliphatic rings. The molecular weight excluding hydrogens is 218 g/mol. The molecule has 5 heteroatoms. The Morgan fingerprint density at radius 1 is 1.35 bits per heavy atom. The summed E-state index contributed by atoms with van der Waals surface area (Å²) in [7, 11) is 0. The highest BCUT2D eigenvalue weighted by Crippen LogP contribution is 2.06. The number of nitrogens with one attached hydrogen (secondary N) is 2. The number of amides is 2. The summed E-state index contributed by atoms with van der Waals surface area (Å²) < 4.78 is 4.84. The van der Waals surface area contributed by atoms with Gasteiger partial charge in [0.15, 0.2) is 5.82 Å². The zero-order chi connectivity index (χ0) is 12.1. The van der Waals surface area contributed by atoms with Crippen molar-refractivity contribution in [3.05, 3.63) is 47.7 Å². The van der Waals surface area contributed by atoms with Crippen molar-refractivity contribution in [1.82, 2.24) is 10.5 Å². The number of aromatic nitrogens is 1. The Morgan fingerprint density at radius 3 is 2.76 bits per heavy atom. The second-order valence-electron chi connectivity index (χ2n) is 3.62. The van der Waals surface area contributed by atoms with E-state index in [9.17, 15) is 4.79 Å². The van der Waals surface area contributed by atoms with Crippen LogP contribution in [0.5, 0.6) is 0 Å². The third kappa shape index (κ3) is 3.34. The van der Waals surface area contributed by atoms with E-state index in [1.165, 1.54) is 0 Å². The largest absolute Gasteiger partial charge is 0.360 e. The molecule has 0 bridgehead atoms. The first kappa shape index (κ1) is 11.2. The molecule has 1 heterocycles. The fourth-order valence-electron chi connectivity index (χ4n) is 1.36. The zero-order valence-electron chi connectivity index (χ0n) is 9.43. The molecule has 0 aliphatic carbocycles. The molecule has 0 saturated heterocycles. The Hall–Kier alpha value is -2.30. The maximum absolute atomic E-state index is 11.5. The van der Waals surface area contributed by atoms with Gasteiger partial charge in [0.2, 0.25) is 0 Å². The molecule has 0 spiro atoms. The molecule has 1 aromatic carbocycles. The average molecular weight is 231 g/mol. The second-order valence-corrected chi connectivity index (χ2v) is 3.62. The Labute approximate surface area is 98.8 Å². The molecule has 0 unspecified atom stereocenters. The van der Waals surface area contributed by atoms with E-state index in [4.69, 9.17) is 4.52 Å². The molecule has 88 valence electrons. The summed E-state index contributed by atoms with van der Waals surface area (Å²) >= 11 is 0.